The molecule has 0 aromatic heterocycles. The van der Waals surface area contributed by atoms with E-state index < -0.39 is 18.0 Å². The summed E-state index contributed by atoms with van der Waals surface area (Å²) in [5.74, 6) is -0.512. The van der Waals surface area contributed by atoms with Gasteiger partial charge < -0.3 is 19.3 Å². The fourth-order valence-corrected chi connectivity index (χ4v) is 7.68. The van der Waals surface area contributed by atoms with Gasteiger partial charge in [-0.25, -0.2) is 4.39 Å². The Hall–Kier alpha value is -2.72. The standard InChI is InChI=1S/C31H41FN6O4/c1-3-26(39)38-14-13-37(17-23(38)9-11-33)29-25-8-10-31(16-20-6-7-22(32)15-21(20)18-42-31)28(40)27(25)34-30(35-29)41-19-24-5-4-12-36(24)2/h3,6-7,15,23-25,27,29-30,34-35H,1,4-5,8-10,12-14,16-19H2,2H3/t23?,24?,25?,27?,29?,30?,31-/m1/s1. The molecule has 226 valence electrons. The summed E-state index contributed by atoms with van der Waals surface area (Å²) in [5.41, 5.74) is 0.790. The van der Waals surface area contributed by atoms with Crippen LogP contribution in [0.5, 0.6) is 0 Å². The van der Waals surface area contributed by atoms with Gasteiger partial charge in [-0.3, -0.25) is 25.1 Å². The van der Waals surface area contributed by atoms with Crippen LogP contribution in [0.2, 0.25) is 0 Å². The molecule has 5 aliphatic rings. The molecule has 4 fully saturated rings. The maximum Gasteiger partial charge on any atom is 0.246 e. The highest BCUT2D eigenvalue weighted by atomic mass is 19.1. The van der Waals surface area contributed by atoms with Gasteiger partial charge in [0, 0.05) is 38.0 Å². The average Bonchev–Trinajstić information content (AvgIpc) is 3.42. The quantitative estimate of drug-likeness (QED) is 0.484. The second-order valence-corrected chi connectivity index (χ2v) is 12.4. The third-order valence-corrected chi connectivity index (χ3v) is 10.1. The molecule has 10 nitrogen and oxygen atoms in total. The molecular weight excluding hydrogens is 539 g/mol. The van der Waals surface area contributed by atoms with Crippen LogP contribution in [0.25, 0.3) is 0 Å². The maximum atomic E-state index is 14.4. The Morgan fingerprint density at radius 2 is 2.12 bits per heavy atom. The molecule has 42 heavy (non-hydrogen) atoms. The van der Waals surface area contributed by atoms with Gasteiger partial charge in [-0.05, 0) is 68.6 Å². The summed E-state index contributed by atoms with van der Waals surface area (Å²) in [7, 11) is 2.11. The van der Waals surface area contributed by atoms with Crippen molar-refractivity contribution in [3.8, 4) is 6.07 Å². The van der Waals surface area contributed by atoms with Gasteiger partial charge in [-0.2, -0.15) is 5.26 Å². The zero-order chi connectivity index (χ0) is 29.4. The van der Waals surface area contributed by atoms with Crippen molar-refractivity contribution in [2.24, 2.45) is 5.92 Å². The normalized spacial score (nSPS) is 35.5. The first kappa shape index (κ1) is 29.4. The number of halogens is 1. The van der Waals surface area contributed by atoms with Crippen molar-refractivity contribution in [3.63, 3.8) is 0 Å². The van der Waals surface area contributed by atoms with Gasteiger partial charge in [0.15, 0.2) is 12.1 Å². The lowest BCUT2D eigenvalue weighted by atomic mass is 9.68. The zero-order valence-corrected chi connectivity index (χ0v) is 24.3. The van der Waals surface area contributed by atoms with Crippen molar-refractivity contribution < 1.29 is 23.5 Å². The summed E-state index contributed by atoms with van der Waals surface area (Å²) in [4.78, 5) is 33.2. The Balaban J connectivity index is 1.24. The zero-order valence-electron chi connectivity index (χ0n) is 24.3. The number of likely N-dealkylation sites (N-methyl/N-ethyl adjacent to an activating group) is 1. The number of rotatable bonds is 6. The summed E-state index contributed by atoms with van der Waals surface area (Å²) in [6.45, 7) is 7.03. The molecular formula is C31H41FN6O4. The first-order valence-electron chi connectivity index (χ1n) is 15.2. The number of piperazine rings is 1. The SMILES string of the molecule is C=CC(=O)N1CCN(C2NC(OCC3CCCN3C)NC3C(=O)[C@@]4(CCC32)Cc2ccc(F)cc2CO4)CC1CC#N. The molecule has 11 heteroatoms. The summed E-state index contributed by atoms with van der Waals surface area (Å²) >= 11 is 0. The smallest absolute Gasteiger partial charge is 0.246 e. The molecule has 6 unspecified atom stereocenters. The van der Waals surface area contributed by atoms with E-state index in [1.807, 2.05) is 0 Å². The van der Waals surface area contributed by atoms with Crippen LogP contribution in [-0.2, 0) is 32.1 Å². The molecule has 1 aromatic rings. The molecule has 7 atom stereocenters. The third-order valence-electron chi connectivity index (χ3n) is 10.1. The first-order valence-corrected chi connectivity index (χ1v) is 15.2. The van der Waals surface area contributed by atoms with Gasteiger partial charge in [-0.1, -0.05) is 12.6 Å². The predicted octanol–water partition coefficient (Wildman–Crippen LogP) is 1.51. The maximum absolute atomic E-state index is 14.4. The number of nitrogens with zero attached hydrogens (tertiary/aromatic N) is 4. The van der Waals surface area contributed by atoms with Crippen molar-refractivity contribution >= 4 is 11.7 Å². The number of nitrogens with one attached hydrogen (secondary N) is 2. The highest BCUT2D eigenvalue weighted by molar-refractivity contribution is 5.94. The van der Waals surface area contributed by atoms with E-state index in [4.69, 9.17) is 9.47 Å². The van der Waals surface area contributed by atoms with Crippen molar-refractivity contribution in [1.82, 2.24) is 25.3 Å². The topological polar surface area (TPSA) is 110 Å². The summed E-state index contributed by atoms with van der Waals surface area (Å²) in [6.07, 6.45) is 4.74. The van der Waals surface area contributed by atoms with Gasteiger partial charge in [0.2, 0.25) is 5.91 Å². The molecule has 0 radical (unpaired) electrons. The lowest BCUT2D eigenvalue weighted by Crippen LogP contribution is -2.75. The minimum Gasteiger partial charge on any atom is -0.362 e. The van der Waals surface area contributed by atoms with Crippen molar-refractivity contribution in [3.05, 3.63) is 47.8 Å². The number of Topliss-reactive ketones (excluding diaryl/α,β-unsaturated/α-hetero) is 1. The third kappa shape index (κ3) is 5.52. The number of fused-ring (bicyclic) bond motifs is 2. The van der Waals surface area contributed by atoms with Crippen molar-refractivity contribution in [2.45, 2.75) is 81.4 Å². The fraction of sp³-hybridized carbons (Fsp3) is 0.645. The van der Waals surface area contributed by atoms with E-state index in [1.54, 1.807) is 11.0 Å². The molecule has 2 N–H and O–H groups in total. The Kier molecular flexibility index (Phi) is 8.46. The van der Waals surface area contributed by atoms with Crippen molar-refractivity contribution in [2.75, 3.05) is 39.8 Å². The van der Waals surface area contributed by atoms with Gasteiger partial charge >= 0.3 is 0 Å². The Labute approximate surface area is 246 Å². The number of nitriles is 1. The molecule has 4 heterocycles. The Morgan fingerprint density at radius 3 is 2.88 bits per heavy atom. The molecule has 3 saturated heterocycles. The lowest BCUT2D eigenvalue weighted by molar-refractivity contribution is -0.173. The number of hydrogen-bond donors (Lipinski definition) is 2. The molecule has 1 saturated carbocycles. The molecule has 1 aromatic carbocycles. The van der Waals surface area contributed by atoms with E-state index in [0.29, 0.717) is 45.1 Å². The first-order chi connectivity index (χ1) is 20.3. The largest absolute Gasteiger partial charge is 0.362 e. The monoisotopic (exact) mass is 580 g/mol. The van der Waals surface area contributed by atoms with Crippen LogP contribution in [-0.4, -0.2) is 102 Å². The summed E-state index contributed by atoms with van der Waals surface area (Å²) in [6, 6.07) is 6.52. The van der Waals surface area contributed by atoms with Crippen LogP contribution in [0.1, 0.15) is 43.2 Å². The Morgan fingerprint density at radius 1 is 1.26 bits per heavy atom. The van der Waals surface area contributed by atoms with Gasteiger partial charge in [0.1, 0.15) is 11.4 Å². The predicted molar refractivity (Wildman–Crippen MR) is 152 cm³/mol. The fourth-order valence-electron chi connectivity index (χ4n) is 7.68. The van der Waals surface area contributed by atoms with Crippen molar-refractivity contribution in [1.29, 1.82) is 5.26 Å². The molecule has 1 amide bonds. The number of amides is 1. The van der Waals surface area contributed by atoms with Gasteiger partial charge in [-0.15, -0.1) is 0 Å². The Bertz CT molecular complexity index is 1260. The number of ether oxygens (including phenoxy) is 2. The molecule has 4 aliphatic heterocycles. The molecule has 0 bridgehead atoms. The van der Waals surface area contributed by atoms with E-state index in [0.717, 1.165) is 36.9 Å². The lowest BCUT2D eigenvalue weighted by Gasteiger charge is -2.55. The second kappa shape index (κ2) is 12.1. The number of hydrogen-bond acceptors (Lipinski definition) is 9. The summed E-state index contributed by atoms with van der Waals surface area (Å²) in [5, 5.41) is 16.7. The van der Waals surface area contributed by atoms with Crippen LogP contribution in [0, 0.1) is 23.1 Å². The number of carbonyl (C=O) groups excluding carboxylic acids is 2. The molecule has 6 rings (SSSR count). The average molecular weight is 581 g/mol. The number of benzene rings is 1. The van der Waals surface area contributed by atoms with Gasteiger partial charge in [0.25, 0.3) is 0 Å². The number of likely N-dealkylation sites (tertiary alicyclic amines) is 1. The van der Waals surface area contributed by atoms with E-state index in [9.17, 15) is 19.2 Å². The van der Waals surface area contributed by atoms with Gasteiger partial charge in [0.05, 0.1) is 44.0 Å². The van der Waals surface area contributed by atoms with Crippen LogP contribution in [0.15, 0.2) is 30.9 Å². The summed E-state index contributed by atoms with van der Waals surface area (Å²) < 4.78 is 26.5. The van der Waals surface area contributed by atoms with E-state index in [2.05, 4.69) is 40.1 Å². The minimum atomic E-state index is -0.963. The van der Waals surface area contributed by atoms with Crippen LogP contribution in [0.3, 0.4) is 0 Å². The number of ketones is 1. The van der Waals surface area contributed by atoms with Crippen LogP contribution < -0.4 is 10.6 Å². The molecule has 1 spiro atoms. The van der Waals surface area contributed by atoms with E-state index in [-0.39, 0.29) is 48.7 Å². The molecule has 1 aliphatic carbocycles. The highest BCUT2D eigenvalue weighted by Gasteiger charge is 2.56. The highest BCUT2D eigenvalue weighted by Crippen LogP contribution is 2.42. The van der Waals surface area contributed by atoms with E-state index >= 15 is 0 Å². The van der Waals surface area contributed by atoms with Crippen LogP contribution in [0.4, 0.5) is 4.39 Å². The van der Waals surface area contributed by atoms with Crippen LogP contribution >= 0.6 is 0 Å². The van der Waals surface area contributed by atoms with E-state index in [1.165, 1.54) is 18.2 Å². The number of carbonyl (C=O) groups is 2. The second-order valence-electron chi connectivity index (χ2n) is 12.4. The minimum absolute atomic E-state index is 0.0147.